The van der Waals surface area contributed by atoms with Gasteiger partial charge < -0.3 is 14.2 Å². The Bertz CT molecular complexity index is 1220. The maximum absolute atomic E-state index is 13.9. The zero-order valence-electron chi connectivity index (χ0n) is 18.4. The average molecular weight is 474 g/mol. The molecule has 33 heavy (non-hydrogen) atoms. The molecule has 0 radical (unpaired) electrons. The van der Waals surface area contributed by atoms with Gasteiger partial charge in [-0.15, -0.1) is 0 Å². The molecule has 2 atom stereocenters. The summed E-state index contributed by atoms with van der Waals surface area (Å²) in [5.74, 6) is 0.659. The van der Waals surface area contributed by atoms with Crippen LogP contribution < -0.4 is 9.47 Å². The summed E-state index contributed by atoms with van der Waals surface area (Å²) in [4.78, 5) is 7.99. The maximum Gasteiger partial charge on any atom is 0.224 e. The summed E-state index contributed by atoms with van der Waals surface area (Å²) in [6.45, 7) is 0.347. The topological polar surface area (TPSA) is 90.8 Å². The molecule has 1 aromatic heterocycles. The van der Waals surface area contributed by atoms with Gasteiger partial charge in [-0.2, -0.15) is 4.31 Å². The van der Waals surface area contributed by atoms with Crippen molar-refractivity contribution in [2.75, 3.05) is 21.3 Å². The molecule has 0 saturated carbocycles. The minimum Gasteiger partial charge on any atom is -0.497 e. The summed E-state index contributed by atoms with van der Waals surface area (Å²) in [7, 11) is 0.532. The van der Waals surface area contributed by atoms with Crippen molar-refractivity contribution in [3.8, 4) is 11.5 Å². The van der Waals surface area contributed by atoms with Crippen molar-refractivity contribution in [2.45, 2.75) is 24.4 Å². The van der Waals surface area contributed by atoms with E-state index in [1.807, 2.05) is 18.2 Å². The van der Waals surface area contributed by atoms with Gasteiger partial charge in [-0.25, -0.2) is 22.8 Å². The van der Waals surface area contributed by atoms with Crippen LogP contribution >= 0.6 is 0 Å². The second kappa shape index (κ2) is 9.42. The highest BCUT2D eigenvalue weighted by atomic mass is 32.2. The molecule has 1 aliphatic heterocycles. The number of hydrogen-bond acceptors (Lipinski definition) is 7. The zero-order chi connectivity index (χ0) is 23.6. The molecule has 3 aromatic rings. The lowest BCUT2D eigenvalue weighted by Crippen LogP contribution is -2.41. The number of hydrogen-bond donors (Lipinski definition) is 0. The van der Waals surface area contributed by atoms with Crippen molar-refractivity contribution in [3.63, 3.8) is 0 Å². The summed E-state index contributed by atoms with van der Waals surface area (Å²) >= 11 is 0. The third-order valence-corrected chi connectivity index (χ3v) is 7.75. The molecule has 0 fully saturated rings. The van der Waals surface area contributed by atoms with Gasteiger partial charge >= 0.3 is 0 Å². The van der Waals surface area contributed by atoms with Crippen LogP contribution in [0.2, 0.25) is 0 Å². The van der Waals surface area contributed by atoms with Gasteiger partial charge in [-0.1, -0.05) is 18.2 Å². The Balaban J connectivity index is 1.80. The van der Waals surface area contributed by atoms with Crippen molar-refractivity contribution in [1.82, 2.24) is 14.3 Å². The quantitative estimate of drug-likeness (QED) is 0.519. The molecule has 8 nitrogen and oxygen atoms in total. The van der Waals surface area contributed by atoms with Gasteiger partial charge in [-0.05, 0) is 41.0 Å². The number of benzene rings is 2. The van der Waals surface area contributed by atoms with E-state index in [-0.39, 0.29) is 18.9 Å². The number of ether oxygens (including phenoxy) is 3. The highest BCUT2D eigenvalue weighted by molar-refractivity contribution is 7.89. The number of halogens is 1. The number of rotatable bonds is 7. The first-order chi connectivity index (χ1) is 15.9. The molecule has 4 rings (SSSR count). The standard InChI is InChI=1S/C23H24FN3O5S/c1-30-18-7-4-15(5-8-18)13-27-14-16-6-9-19(31-2)10-20(16)22(33(27,28)29)21(32-3)23-25-11-17(24)12-26-23/h4-12,21-22H,13-14H2,1-3H3/t21-,22+/m0/s1. The van der Waals surface area contributed by atoms with E-state index in [9.17, 15) is 12.8 Å². The van der Waals surface area contributed by atoms with Crippen LogP contribution in [0.15, 0.2) is 54.9 Å². The van der Waals surface area contributed by atoms with Crippen molar-refractivity contribution in [3.05, 3.63) is 83.2 Å². The van der Waals surface area contributed by atoms with E-state index in [4.69, 9.17) is 14.2 Å². The molecule has 0 spiro atoms. The first-order valence-corrected chi connectivity index (χ1v) is 11.7. The first-order valence-electron chi connectivity index (χ1n) is 10.2. The predicted molar refractivity (Wildman–Crippen MR) is 119 cm³/mol. The van der Waals surface area contributed by atoms with Crippen LogP contribution in [0.1, 0.15) is 33.9 Å². The molecule has 10 heteroatoms. The Morgan fingerprint density at radius 2 is 1.67 bits per heavy atom. The summed E-state index contributed by atoms with van der Waals surface area (Å²) < 4.78 is 58.7. The van der Waals surface area contributed by atoms with E-state index in [1.54, 1.807) is 31.4 Å². The molecule has 0 N–H and O–H groups in total. The Morgan fingerprint density at radius 1 is 1.03 bits per heavy atom. The fourth-order valence-electron chi connectivity index (χ4n) is 3.94. The lowest BCUT2D eigenvalue weighted by Gasteiger charge is -2.37. The highest BCUT2D eigenvalue weighted by Gasteiger charge is 2.46. The Kier molecular flexibility index (Phi) is 6.59. The Morgan fingerprint density at radius 3 is 2.27 bits per heavy atom. The van der Waals surface area contributed by atoms with Crippen LogP contribution in [0, 0.1) is 5.82 Å². The molecule has 0 aliphatic carbocycles. The molecule has 1 aliphatic rings. The van der Waals surface area contributed by atoms with Gasteiger partial charge in [0.15, 0.2) is 11.6 Å². The number of nitrogens with zero attached hydrogens (tertiary/aromatic N) is 3. The second-order valence-corrected chi connectivity index (χ2v) is 9.62. The third kappa shape index (κ3) is 4.54. The number of fused-ring (bicyclic) bond motifs is 1. The Hall–Kier alpha value is -3.08. The van der Waals surface area contributed by atoms with Gasteiger partial charge in [0.05, 0.1) is 26.6 Å². The van der Waals surface area contributed by atoms with Crippen LogP contribution in [0.4, 0.5) is 4.39 Å². The third-order valence-electron chi connectivity index (χ3n) is 5.63. The van der Waals surface area contributed by atoms with Gasteiger partial charge in [0.1, 0.15) is 22.9 Å². The van der Waals surface area contributed by atoms with Crippen molar-refractivity contribution >= 4 is 10.0 Å². The average Bonchev–Trinajstić information content (AvgIpc) is 2.83. The minimum absolute atomic E-state index is 0.0764. The van der Waals surface area contributed by atoms with Crippen molar-refractivity contribution in [1.29, 1.82) is 0 Å². The van der Waals surface area contributed by atoms with Crippen LogP contribution in [0.5, 0.6) is 11.5 Å². The molecular weight excluding hydrogens is 449 g/mol. The summed E-state index contributed by atoms with van der Waals surface area (Å²) in [5, 5.41) is -1.15. The molecule has 0 amide bonds. The molecule has 174 valence electrons. The van der Waals surface area contributed by atoms with E-state index < -0.39 is 27.2 Å². The van der Waals surface area contributed by atoms with Gasteiger partial charge in [0, 0.05) is 20.2 Å². The van der Waals surface area contributed by atoms with E-state index in [0.29, 0.717) is 17.1 Å². The molecular formula is C23H24FN3O5S. The van der Waals surface area contributed by atoms with E-state index in [0.717, 1.165) is 23.5 Å². The van der Waals surface area contributed by atoms with Crippen LogP contribution in [-0.2, 0) is 27.8 Å². The molecule has 0 bridgehead atoms. The normalized spacial score (nSPS) is 18.4. The zero-order valence-corrected chi connectivity index (χ0v) is 19.3. The smallest absolute Gasteiger partial charge is 0.224 e. The lowest BCUT2D eigenvalue weighted by molar-refractivity contribution is 0.0871. The molecule has 2 heterocycles. The van der Waals surface area contributed by atoms with Gasteiger partial charge in [0.25, 0.3) is 0 Å². The SMILES string of the molecule is COc1ccc(CN2Cc3ccc(OC)cc3[C@H]([C@H](OC)c3ncc(F)cn3)S2(=O)=O)cc1. The predicted octanol–water partition coefficient (Wildman–Crippen LogP) is 3.41. The highest BCUT2D eigenvalue weighted by Crippen LogP contribution is 2.45. The number of methoxy groups -OCH3 is 3. The summed E-state index contributed by atoms with van der Waals surface area (Å²) in [5.41, 5.74) is 2.16. The summed E-state index contributed by atoms with van der Waals surface area (Å²) in [6.07, 6.45) is 0.928. The largest absolute Gasteiger partial charge is 0.497 e. The van der Waals surface area contributed by atoms with Gasteiger partial charge in [0.2, 0.25) is 10.0 Å². The van der Waals surface area contributed by atoms with Crippen LogP contribution in [0.3, 0.4) is 0 Å². The van der Waals surface area contributed by atoms with Crippen molar-refractivity contribution < 1.29 is 27.0 Å². The van der Waals surface area contributed by atoms with Crippen molar-refractivity contribution in [2.24, 2.45) is 0 Å². The maximum atomic E-state index is 13.9. The lowest BCUT2D eigenvalue weighted by atomic mass is 9.99. The minimum atomic E-state index is -3.94. The second-order valence-electron chi connectivity index (χ2n) is 7.56. The van der Waals surface area contributed by atoms with Crippen LogP contribution in [0.25, 0.3) is 0 Å². The fourth-order valence-corrected chi connectivity index (χ4v) is 6.00. The van der Waals surface area contributed by atoms with Crippen LogP contribution in [-0.4, -0.2) is 44.0 Å². The van der Waals surface area contributed by atoms with E-state index in [1.165, 1.54) is 18.5 Å². The Labute approximate surface area is 192 Å². The fraction of sp³-hybridized carbons (Fsp3) is 0.304. The number of aromatic nitrogens is 2. The van der Waals surface area contributed by atoms with E-state index >= 15 is 0 Å². The molecule has 2 aromatic carbocycles. The molecule has 0 saturated heterocycles. The van der Waals surface area contributed by atoms with E-state index in [2.05, 4.69) is 9.97 Å². The monoisotopic (exact) mass is 473 g/mol. The van der Waals surface area contributed by atoms with Gasteiger partial charge in [-0.3, -0.25) is 0 Å². The molecule has 0 unspecified atom stereocenters. The first kappa shape index (κ1) is 23.1. The number of sulfonamides is 1. The summed E-state index contributed by atoms with van der Waals surface area (Å²) in [6, 6.07) is 12.5.